The van der Waals surface area contributed by atoms with Crippen LogP contribution in [0.4, 0.5) is 0 Å². The summed E-state index contributed by atoms with van der Waals surface area (Å²) in [7, 11) is 1.78. The van der Waals surface area contributed by atoms with Gasteiger partial charge < -0.3 is 9.84 Å². The van der Waals surface area contributed by atoms with Gasteiger partial charge in [0.05, 0.1) is 17.8 Å². The second-order valence-electron chi connectivity index (χ2n) is 7.31. The van der Waals surface area contributed by atoms with E-state index in [1.54, 1.807) is 13.1 Å². The maximum Gasteiger partial charge on any atom is 0.274 e. The van der Waals surface area contributed by atoms with Crippen molar-refractivity contribution in [1.29, 1.82) is 0 Å². The normalized spacial score (nSPS) is 21.0. The molecule has 2 heterocycles. The van der Waals surface area contributed by atoms with Gasteiger partial charge in [-0.15, -0.1) is 5.10 Å². The molecule has 2 aromatic rings. The molecule has 1 atom stereocenters. The number of nitrogens with one attached hydrogen (secondary N) is 1. The number of carbonyl (C=O) groups excluding carboxylic acids is 1. The van der Waals surface area contributed by atoms with Crippen molar-refractivity contribution in [2.45, 2.75) is 56.5 Å². The highest BCUT2D eigenvalue weighted by Gasteiger charge is 2.45. The van der Waals surface area contributed by atoms with Gasteiger partial charge in [-0.05, 0) is 31.6 Å². The molecule has 0 aliphatic heterocycles. The fourth-order valence-electron chi connectivity index (χ4n) is 3.87. The summed E-state index contributed by atoms with van der Waals surface area (Å²) in [5.41, 5.74) is 0.965. The summed E-state index contributed by atoms with van der Waals surface area (Å²) in [6, 6.07) is 1.41. The maximum absolute atomic E-state index is 12.5. The molecule has 0 aromatic carbocycles. The van der Waals surface area contributed by atoms with E-state index in [1.807, 2.05) is 17.1 Å². The SMILES string of the molecule is CN=CC1(n2cc(C(NC(=O)c3ccon3)C3CCCCC3)nn2)CC1. The Morgan fingerprint density at radius 1 is 1.42 bits per heavy atom. The van der Waals surface area contributed by atoms with Crippen LogP contribution in [0, 0.1) is 5.92 Å². The van der Waals surface area contributed by atoms with Crippen molar-refractivity contribution in [2.24, 2.45) is 10.9 Å². The van der Waals surface area contributed by atoms with Crippen molar-refractivity contribution in [1.82, 2.24) is 25.5 Å². The Hall–Kier alpha value is -2.51. The average Bonchev–Trinajstić information content (AvgIpc) is 3.08. The molecule has 0 radical (unpaired) electrons. The first kappa shape index (κ1) is 16.9. The molecular weight excluding hydrogens is 332 g/mol. The minimum atomic E-state index is -0.236. The number of hydrogen-bond donors (Lipinski definition) is 1. The number of carbonyl (C=O) groups is 1. The minimum Gasteiger partial charge on any atom is -0.364 e. The molecule has 0 spiro atoms. The summed E-state index contributed by atoms with van der Waals surface area (Å²) < 4.78 is 6.69. The Kier molecular flexibility index (Phi) is 4.57. The van der Waals surface area contributed by atoms with Gasteiger partial charge in [-0.3, -0.25) is 9.79 Å². The number of aromatic nitrogens is 4. The molecule has 2 aromatic heterocycles. The zero-order chi connectivity index (χ0) is 18.0. The summed E-state index contributed by atoms with van der Waals surface area (Å²) in [6.07, 6.45) is 13.1. The molecule has 8 nitrogen and oxygen atoms in total. The number of nitrogens with zero attached hydrogens (tertiary/aromatic N) is 5. The fourth-order valence-corrected chi connectivity index (χ4v) is 3.87. The highest BCUT2D eigenvalue weighted by Crippen LogP contribution is 2.42. The van der Waals surface area contributed by atoms with E-state index in [0.29, 0.717) is 5.92 Å². The third-order valence-corrected chi connectivity index (χ3v) is 5.50. The molecule has 0 bridgehead atoms. The van der Waals surface area contributed by atoms with Gasteiger partial charge in [0.2, 0.25) is 0 Å². The van der Waals surface area contributed by atoms with Gasteiger partial charge in [0.25, 0.3) is 5.91 Å². The van der Waals surface area contributed by atoms with Gasteiger partial charge in [-0.1, -0.05) is 29.6 Å². The molecule has 4 rings (SSSR count). The largest absolute Gasteiger partial charge is 0.364 e. The zero-order valence-electron chi connectivity index (χ0n) is 15.0. The van der Waals surface area contributed by atoms with Gasteiger partial charge in [-0.2, -0.15) is 0 Å². The summed E-state index contributed by atoms with van der Waals surface area (Å²) in [5, 5.41) is 15.6. The van der Waals surface area contributed by atoms with Crippen molar-refractivity contribution in [3.8, 4) is 0 Å². The molecule has 138 valence electrons. The summed E-state index contributed by atoms with van der Waals surface area (Å²) in [6.45, 7) is 0. The van der Waals surface area contributed by atoms with Crippen molar-refractivity contribution in [3.63, 3.8) is 0 Å². The predicted molar refractivity (Wildman–Crippen MR) is 94.9 cm³/mol. The van der Waals surface area contributed by atoms with E-state index < -0.39 is 0 Å². The van der Waals surface area contributed by atoms with E-state index in [0.717, 1.165) is 31.4 Å². The second-order valence-corrected chi connectivity index (χ2v) is 7.31. The zero-order valence-corrected chi connectivity index (χ0v) is 15.0. The van der Waals surface area contributed by atoms with E-state index in [4.69, 9.17) is 4.52 Å². The lowest BCUT2D eigenvalue weighted by Crippen LogP contribution is -2.35. The lowest BCUT2D eigenvalue weighted by Gasteiger charge is -2.29. The molecule has 8 heteroatoms. The molecule has 2 fully saturated rings. The van der Waals surface area contributed by atoms with Crippen molar-refractivity contribution < 1.29 is 9.32 Å². The van der Waals surface area contributed by atoms with Crippen LogP contribution in [-0.4, -0.2) is 39.3 Å². The first-order valence-electron chi connectivity index (χ1n) is 9.29. The van der Waals surface area contributed by atoms with Crippen LogP contribution in [-0.2, 0) is 5.54 Å². The van der Waals surface area contributed by atoms with Gasteiger partial charge in [-0.25, -0.2) is 4.68 Å². The van der Waals surface area contributed by atoms with E-state index in [2.05, 4.69) is 25.8 Å². The molecule has 2 saturated carbocycles. The minimum absolute atomic E-state index is 0.132. The third kappa shape index (κ3) is 3.27. The summed E-state index contributed by atoms with van der Waals surface area (Å²) in [5.74, 6) is 0.125. The lowest BCUT2D eigenvalue weighted by molar-refractivity contribution is 0.0901. The van der Waals surface area contributed by atoms with E-state index >= 15 is 0 Å². The number of aliphatic imine (C=N–C) groups is 1. The predicted octanol–water partition coefficient (Wildman–Crippen LogP) is 2.51. The fraction of sp³-hybridized carbons (Fsp3) is 0.611. The van der Waals surface area contributed by atoms with Crippen LogP contribution in [0.25, 0.3) is 0 Å². The Bertz CT molecular complexity index is 771. The molecule has 2 aliphatic carbocycles. The lowest BCUT2D eigenvalue weighted by atomic mass is 9.82. The Morgan fingerprint density at radius 2 is 2.23 bits per heavy atom. The molecule has 1 unspecified atom stereocenters. The standard InChI is InChI=1S/C18H24N6O2/c1-19-12-18(8-9-18)24-11-15(21-23-24)16(13-5-3-2-4-6-13)20-17(25)14-7-10-26-22-14/h7,10-13,16H,2-6,8-9H2,1H3,(H,20,25). The maximum atomic E-state index is 12.5. The van der Waals surface area contributed by atoms with Crippen molar-refractivity contribution in [2.75, 3.05) is 7.05 Å². The van der Waals surface area contributed by atoms with Gasteiger partial charge in [0.15, 0.2) is 5.69 Å². The summed E-state index contributed by atoms with van der Waals surface area (Å²) in [4.78, 5) is 16.7. The van der Waals surface area contributed by atoms with Crippen LogP contribution >= 0.6 is 0 Å². The number of hydrogen-bond acceptors (Lipinski definition) is 6. The van der Waals surface area contributed by atoms with Gasteiger partial charge >= 0.3 is 0 Å². The van der Waals surface area contributed by atoms with E-state index in [1.165, 1.54) is 25.5 Å². The second kappa shape index (κ2) is 7.01. The summed E-state index contributed by atoms with van der Waals surface area (Å²) >= 11 is 0. The average molecular weight is 356 g/mol. The Labute approximate surface area is 152 Å². The first-order chi connectivity index (χ1) is 12.7. The molecule has 1 amide bonds. The highest BCUT2D eigenvalue weighted by atomic mass is 16.5. The van der Waals surface area contributed by atoms with E-state index in [9.17, 15) is 4.79 Å². The van der Waals surface area contributed by atoms with Crippen LogP contribution in [0.3, 0.4) is 0 Å². The van der Waals surface area contributed by atoms with Crippen LogP contribution in [0.15, 0.2) is 28.0 Å². The molecule has 1 N–H and O–H groups in total. The monoisotopic (exact) mass is 356 g/mol. The number of amides is 1. The number of rotatable bonds is 6. The van der Waals surface area contributed by atoms with Crippen LogP contribution in [0.1, 0.15) is 67.2 Å². The van der Waals surface area contributed by atoms with Gasteiger partial charge in [0.1, 0.15) is 12.0 Å². The Morgan fingerprint density at radius 3 is 2.88 bits per heavy atom. The Balaban J connectivity index is 1.58. The van der Waals surface area contributed by atoms with Gasteiger partial charge in [0, 0.05) is 19.3 Å². The smallest absolute Gasteiger partial charge is 0.274 e. The van der Waals surface area contributed by atoms with Crippen molar-refractivity contribution >= 4 is 12.1 Å². The van der Waals surface area contributed by atoms with Crippen LogP contribution < -0.4 is 5.32 Å². The highest BCUT2D eigenvalue weighted by molar-refractivity contribution is 5.92. The molecule has 2 aliphatic rings. The topological polar surface area (TPSA) is 98.2 Å². The van der Waals surface area contributed by atoms with Crippen LogP contribution in [0.5, 0.6) is 0 Å². The molecular formula is C18H24N6O2. The van der Waals surface area contributed by atoms with Crippen LogP contribution in [0.2, 0.25) is 0 Å². The molecule has 0 saturated heterocycles. The van der Waals surface area contributed by atoms with E-state index in [-0.39, 0.29) is 23.2 Å². The molecule has 26 heavy (non-hydrogen) atoms. The third-order valence-electron chi connectivity index (χ3n) is 5.50. The van der Waals surface area contributed by atoms with Crippen molar-refractivity contribution in [3.05, 3.63) is 29.9 Å². The quantitative estimate of drug-likeness (QED) is 0.802. The first-order valence-corrected chi connectivity index (χ1v) is 9.29.